The van der Waals surface area contributed by atoms with Crippen molar-refractivity contribution in [1.82, 2.24) is 14.9 Å². The maximum Gasteiger partial charge on any atom is 0.260 e. The molecule has 0 bridgehead atoms. The summed E-state index contributed by atoms with van der Waals surface area (Å²) in [5.74, 6) is 0.363. The van der Waals surface area contributed by atoms with Crippen LogP contribution in [-0.4, -0.2) is 41.0 Å². The molecule has 1 aromatic heterocycles. The number of benzene rings is 1. The molecule has 1 aromatic carbocycles. The molecule has 2 rings (SSSR count). The first-order chi connectivity index (χ1) is 11.5. The molecule has 24 heavy (non-hydrogen) atoms. The van der Waals surface area contributed by atoms with Crippen molar-refractivity contribution in [2.24, 2.45) is 0 Å². The number of nitrogens with zero attached hydrogens (tertiary/aromatic N) is 3. The molecule has 6 heteroatoms. The van der Waals surface area contributed by atoms with Crippen molar-refractivity contribution < 1.29 is 13.9 Å². The van der Waals surface area contributed by atoms with Gasteiger partial charge in [-0.3, -0.25) is 4.79 Å². The zero-order valence-corrected chi connectivity index (χ0v) is 14.3. The monoisotopic (exact) mass is 331 g/mol. The number of aryl methyl sites for hydroxylation is 1. The van der Waals surface area contributed by atoms with Crippen LogP contribution >= 0.6 is 0 Å². The lowest BCUT2D eigenvalue weighted by atomic mass is 10.2. The van der Waals surface area contributed by atoms with E-state index in [9.17, 15) is 9.18 Å². The van der Waals surface area contributed by atoms with E-state index < -0.39 is 0 Å². The van der Waals surface area contributed by atoms with Crippen molar-refractivity contribution >= 4 is 5.91 Å². The summed E-state index contributed by atoms with van der Waals surface area (Å²) >= 11 is 0. The van der Waals surface area contributed by atoms with Crippen LogP contribution in [0.3, 0.4) is 0 Å². The number of ether oxygens (including phenoxy) is 1. The van der Waals surface area contributed by atoms with Crippen LogP contribution in [0.2, 0.25) is 0 Å². The summed E-state index contributed by atoms with van der Waals surface area (Å²) < 4.78 is 18.5. The van der Waals surface area contributed by atoms with Gasteiger partial charge in [-0.25, -0.2) is 9.37 Å². The molecule has 0 aliphatic heterocycles. The van der Waals surface area contributed by atoms with E-state index in [2.05, 4.69) is 16.9 Å². The lowest BCUT2D eigenvalue weighted by Gasteiger charge is -2.16. The largest absolute Gasteiger partial charge is 0.467 e. The van der Waals surface area contributed by atoms with Gasteiger partial charge in [-0.15, -0.1) is 0 Å². The molecule has 0 spiro atoms. The smallest absolute Gasteiger partial charge is 0.260 e. The van der Waals surface area contributed by atoms with Gasteiger partial charge >= 0.3 is 0 Å². The van der Waals surface area contributed by atoms with Crippen molar-refractivity contribution in [1.29, 1.82) is 0 Å². The Balaban J connectivity index is 2.06. The van der Waals surface area contributed by atoms with Crippen LogP contribution in [0.5, 0.6) is 5.88 Å². The highest BCUT2D eigenvalue weighted by Crippen LogP contribution is 2.19. The third kappa shape index (κ3) is 5.01. The average Bonchev–Trinajstić information content (AvgIpc) is 2.57. The zero-order chi connectivity index (χ0) is 17.5. The van der Waals surface area contributed by atoms with Gasteiger partial charge in [0.05, 0.1) is 0 Å². The molecule has 0 aliphatic carbocycles. The van der Waals surface area contributed by atoms with Crippen LogP contribution < -0.4 is 4.74 Å². The SMILES string of the molecule is CCCCN(C)C(=O)COc1cc(C)nc(-c2ccc(F)cc2)n1. The van der Waals surface area contributed by atoms with Gasteiger partial charge in [0, 0.05) is 30.9 Å². The summed E-state index contributed by atoms with van der Waals surface area (Å²) in [6.45, 7) is 4.54. The third-order valence-electron chi connectivity index (χ3n) is 3.55. The lowest BCUT2D eigenvalue weighted by Crippen LogP contribution is -2.32. The Morgan fingerprint density at radius 2 is 1.96 bits per heavy atom. The number of unbranched alkanes of at least 4 members (excludes halogenated alkanes) is 1. The second-order valence-corrected chi connectivity index (χ2v) is 5.64. The number of hydrogen-bond acceptors (Lipinski definition) is 4. The third-order valence-corrected chi connectivity index (χ3v) is 3.55. The van der Waals surface area contributed by atoms with E-state index in [0.717, 1.165) is 12.8 Å². The number of hydrogen-bond donors (Lipinski definition) is 0. The highest BCUT2D eigenvalue weighted by molar-refractivity contribution is 5.77. The maximum atomic E-state index is 13.0. The number of rotatable bonds is 7. The first-order valence-electron chi connectivity index (χ1n) is 7.98. The number of halogens is 1. The Bertz CT molecular complexity index is 689. The van der Waals surface area contributed by atoms with Gasteiger partial charge in [0.25, 0.3) is 5.91 Å². The summed E-state index contributed by atoms with van der Waals surface area (Å²) in [4.78, 5) is 22.3. The molecule has 0 saturated heterocycles. The van der Waals surface area contributed by atoms with Crippen molar-refractivity contribution in [3.8, 4) is 17.3 Å². The molecule has 0 saturated carbocycles. The number of aromatic nitrogens is 2. The van der Waals surface area contributed by atoms with Crippen molar-refractivity contribution in [3.05, 3.63) is 41.8 Å². The maximum absolute atomic E-state index is 13.0. The Hall–Kier alpha value is -2.50. The summed E-state index contributed by atoms with van der Waals surface area (Å²) in [5, 5.41) is 0. The first-order valence-corrected chi connectivity index (χ1v) is 7.98. The summed E-state index contributed by atoms with van der Waals surface area (Å²) in [6, 6.07) is 7.60. The summed E-state index contributed by atoms with van der Waals surface area (Å²) in [7, 11) is 1.76. The number of likely N-dealkylation sites (N-methyl/N-ethyl adjacent to an activating group) is 1. The summed E-state index contributed by atoms with van der Waals surface area (Å²) in [6.07, 6.45) is 1.99. The van der Waals surface area contributed by atoms with Crippen LogP contribution in [-0.2, 0) is 4.79 Å². The quantitative estimate of drug-likeness (QED) is 0.782. The van der Waals surface area contributed by atoms with E-state index in [1.165, 1.54) is 12.1 Å². The van der Waals surface area contributed by atoms with E-state index >= 15 is 0 Å². The highest BCUT2D eigenvalue weighted by Gasteiger charge is 2.11. The molecule has 0 N–H and O–H groups in total. The Morgan fingerprint density at radius 1 is 1.25 bits per heavy atom. The molecule has 1 heterocycles. The second-order valence-electron chi connectivity index (χ2n) is 5.64. The first kappa shape index (κ1) is 17.8. The van der Waals surface area contributed by atoms with Gasteiger partial charge in [0.15, 0.2) is 12.4 Å². The van der Waals surface area contributed by atoms with Gasteiger partial charge in [-0.1, -0.05) is 13.3 Å². The Morgan fingerprint density at radius 3 is 2.62 bits per heavy atom. The van der Waals surface area contributed by atoms with Crippen LogP contribution in [0.25, 0.3) is 11.4 Å². The lowest BCUT2D eigenvalue weighted by molar-refractivity contribution is -0.132. The zero-order valence-electron chi connectivity index (χ0n) is 14.3. The van der Waals surface area contributed by atoms with Crippen LogP contribution in [0, 0.1) is 12.7 Å². The van der Waals surface area contributed by atoms with Gasteiger partial charge in [0.1, 0.15) is 5.82 Å². The minimum Gasteiger partial charge on any atom is -0.467 e. The second kappa shape index (κ2) is 8.38. The van der Waals surface area contributed by atoms with Crippen molar-refractivity contribution in [2.75, 3.05) is 20.2 Å². The molecule has 128 valence electrons. The molecular formula is C18H22FN3O2. The average molecular weight is 331 g/mol. The number of carbonyl (C=O) groups excluding carboxylic acids is 1. The van der Waals surface area contributed by atoms with E-state index in [0.29, 0.717) is 29.5 Å². The van der Waals surface area contributed by atoms with E-state index in [-0.39, 0.29) is 18.3 Å². The molecule has 0 aliphatic rings. The van der Waals surface area contributed by atoms with E-state index in [1.807, 2.05) is 6.92 Å². The van der Waals surface area contributed by atoms with Crippen LogP contribution in [0.15, 0.2) is 30.3 Å². The fraction of sp³-hybridized carbons (Fsp3) is 0.389. The number of carbonyl (C=O) groups is 1. The molecule has 0 radical (unpaired) electrons. The van der Waals surface area contributed by atoms with Gasteiger partial charge in [-0.2, -0.15) is 4.98 Å². The molecular weight excluding hydrogens is 309 g/mol. The molecule has 2 aromatic rings. The standard InChI is InChI=1S/C18H22FN3O2/c1-4-5-10-22(3)17(23)12-24-16-11-13(2)20-18(21-16)14-6-8-15(19)9-7-14/h6-9,11H,4-5,10,12H2,1-3H3. The fourth-order valence-corrected chi connectivity index (χ4v) is 2.11. The predicted octanol–water partition coefficient (Wildman–Crippen LogP) is 3.23. The van der Waals surface area contributed by atoms with Gasteiger partial charge in [-0.05, 0) is 37.6 Å². The minimum absolute atomic E-state index is 0.0699. The highest BCUT2D eigenvalue weighted by atomic mass is 19.1. The van der Waals surface area contributed by atoms with Gasteiger partial charge < -0.3 is 9.64 Å². The minimum atomic E-state index is -0.316. The molecule has 0 fully saturated rings. The van der Waals surface area contributed by atoms with Crippen LogP contribution in [0.4, 0.5) is 4.39 Å². The number of amides is 1. The normalized spacial score (nSPS) is 10.5. The molecule has 1 amide bonds. The summed E-state index contributed by atoms with van der Waals surface area (Å²) in [5.41, 5.74) is 1.41. The van der Waals surface area contributed by atoms with Crippen LogP contribution in [0.1, 0.15) is 25.5 Å². The van der Waals surface area contributed by atoms with E-state index in [4.69, 9.17) is 4.74 Å². The van der Waals surface area contributed by atoms with Crippen molar-refractivity contribution in [3.63, 3.8) is 0 Å². The van der Waals surface area contributed by atoms with E-state index in [1.54, 1.807) is 30.1 Å². The van der Waals surface area contributed by atoms with Gasteiger partial charge in [0.2, 0.25) is 5.88 Å². The Kier molecular flexibility index (Phi) is 6.23. The van der Waals surface area contributed by atoms with Crippen molar-refractivity contribution in [2.45, 2.75) is 26.7 Å². The topological polar surface area (TPSA) is 55.3 Å². The fourth-order valence-electron chi connectivity index (χ4n) is 2.11. The molecule has 0 atom stereocenters. The molecule has 5 nitrogen and oxygen atoms in total. The molecule has 0 unspecified atom stereocenters. The predicted molar refractivity (Wildman–Crippen MR) is 90.2 cm³/mol. The Labute approximate surface area is 141 Å².